The van der Waals surface area contributed by atoms with Crippen LogP contribution >= 0.6 is 0 Å². The number of hydrogen-bond acceptors (Lipinski definition) is 4. The van der Waals surface area contributed by atoms with Crippen molar-refractivity contribution in [3.8, 4) is 0 Å². The Labute approximate surface area is 235 Å². The SMILES string of the molecule is C=CN=C(C)CN=CN(CC)c1ccc(NC(=CCC)Nc2cc(C(C)(C)C)ccc2CC)c2ccccc12. The van der Waals surface area contributed by atoms with Gasteiger partial charge >= 0.3 is 0 Å². The van der Waals surface area contributed by atoms with E-state index in [1.807, 2.05) is 13.3 Å². The van der Waals surface area contributed by atoms with Crippen molar-refractivity contribution in [2.75, 3.05) is 28.6 Å². The van der Waals surface area contributed by atoms with Gasteiger partial charge in [0.2, 0.25) is 0 Å². The van der Waals surface area contributed by atoms with E-state index < -0.39 is 0 Å². The van der Waals surface area contributed by atoms with Crippen molar-refractivity contribution < 1.29 is 0 Å². The van der Waals surface area contributed by atoms with Gasteiger partial charge in [-0.3, -0.25) is 9.98 Å². The summed E-state index contributed by atoms with van der Waals surface area (Å²) in [7, 11) is 0. The van der Waals surface area contributed by atoms with Crippen LogP contribution in [0.2, 0.25) is 0 Å². The largest absolute Gasteiger partial charge is 0.342 e. The molecule has 3 rings (SSSR count). The third-order valence-corrected chi connectivity index (χ3v) is 6.71. The van der Waals surface area contributed by atoms with Gasteiger partial charge in [-0.25, -0.2) is 0 Å². The summed E-state index contributed by atoms with van der Waals surface area (Å²) in [6.07, 6.45) is 7.57. The summed E-state index contributed by atoms with van der Waals surface area (Å²) in [5.41, 5.74) is 6.99. The molecular weight excluding hydrogens is 478 g/mol. The first-order chi connectivity index (χ1) is 18.7. The smallest absolute Gasteiger partial charge is 0.103 e. The molecule has 3 aromatic carbocycles. The molecule has 0 unspecified atom stereocenters. The van der Waals surface area contributed by atoms with Crippen LogP contribution in [-0.4, -0.2) is 25.1 Å². The molecule has 0 spiro atoms. The van der Waals surface area contributed by atoms with Crippen molar-refractivity contribution in [1.82, 2.24) is 0 Å². The summed E-state index contributed by atoms with van der Waals surface area (Å²) in [5, 5.41) is 9.77. The van der Waals surface area contributed by atoms with Crippen molar-refractivity contribution in [3.05, 3.63) is 90.4 Å². The van der Waals surface area contributed by atoms with Crippen LogP contribution < -0.4 is 15.5 Å². The van der Waals surface area contributed by atoms with Crippen LogP contribution in [0.1, 0.15) is 66.0 Å². The average molecular weight is 524 g/mol. The second-order valence-electron chi connectivity index (χ2n) is 10.7. The van der Waals surface area contributed by atoms with E-state index in [4.69, 9.17) is 0 Å². The number of aliphatic imine (C=N–C) groups is 2. The molecule has 3 aromatic rings. The molecule has 0 atom stereocenters. The average Bonchev–Trinajstić information content (AvgIpc) is 2.91. The summed E-state index contributed by atoms with van der Waals surface area (Å²) < 4.78 is 0. The molecule has 0 heterocycles. The van der Waals surface area contributed by atoms with Gasteiger partial charge in [0.05, 0.1) is 12.9 Å². The van der Waals surface area contributed by atoms with E-state index in [1.165, 1.54) is 16.5 Å². The van der Waals surface area contributed by atoms with Gasteiger partial charge in [0.25, 0.3) is 0 Å². The molecule has 0 saturated heterocycles. The van der Waals surface area contributed by atoms with E-state index in [-0.39, 0.29) is 5.41 Å². The maximum atomic E-state index is 4.61. The van der Waals surface area contributed by atoms with E-state index >= 15 is 0 Å². The van der Waals surface area contributed by atoms with Crippen LogP contribution in [0.3, 0.4) is 0 Å². The Bertz CT molecular complexity index is 1360. The van der Waals surface area contributed by atoms with Gasteiger partial charge in [-0.2, -0.15) is 0 Å². The van der Waals surface area contributed by atoms with Crippen molar-refractivity contribution in [2.24, 2.45) is 9.98 Å². The molecule has 0 aliphatic rings. The van der Waals surface area contributed by atoms with Crippen molar-refractivity contribution in [2.45, 2.75) is 66.7 Å². The van der Waals surface area contributed by atoms with E-state index in [2.05, 4.69) is 134 Å². The van der Waals surface area contributed by atoms with Gasteiger partial charge in [0.15, 0.2) is 0 Å². The molecule has 0 saturated carbocycles. The van der Waals surface area contributed by atoms with Crippen LogP contribution in [0, 0.1) is 0 Å². The first-order valence-electron chi connectivity index (χ1n) is 14.0. The van der Waals surface area contributed by atoms with E-state index in [9.17, 15) is 0 Å². The Hall–Kier alpha value is -3.86. The van der Waals surface area contributed by atoms with Gasteiger partial charge in [-0.15, -0.1) is 0 Å². The Kier molecular flexibility index (Phi) is 10.5. The van der Waals surface area contributed by atoms with Crippen LogP contribution in [0.5, 0.6) is 0 Å². The summed E-state index contributed by atoms with van der Waals surface area (Å²) in [6, 6.07) is 19.7. The summed E-state index contributed by atoms with van der Waals surface area (Å²) in [6.45, 7) is 20.3. The van der Waals surface area contributed by atoms with Crippen molar-refractivity contribution >= 4 is 39.9 Å². The third-order valence-electron chi connectivity index (χ3n) is 6.71. The molecule has 39 heavy (non-hydrogen) atoms. The second kappa shape index (κ2) is 13.8. The molecule has 0 radical (unpaired) electrons. The summed E-state index contributed by atoms with van der Waals surface area (Å²) in [5.74, 6) is 0.988. The van der Waals surface area contributed by atoms with Crippen LogP contribution in [0.15, 0.2) is 89.3 Å². The van der Waals surface area contributed by atoms with Crippen LogP contribution in [0.4, 0.5) is 17.1 Å². The highest BCUT2D eigenvalue weighted by Gasteiger charge is 2.16. The molecule has 0 aliphatic heterocycles. The number of aryl methyl sites for hydroxylation is 1. The van der Waals surface area contributed by atoms with Gasteiger partial charge in [0.1, 0.15) is 5.82 Å². The minimum Gasteiger partial charge on any atom is -0.342 e. The highest BCUT2D eigenvalue weighted by Crippen LogP contribution is 2.34. The molecule has 0 aromatic heterocycles. The molecule has 0 bridgehead atoms. The number of benzene rings is 3. The lowest BCUT2D eigenvalue weighted by Crippen LogP contribution is -2.21. The van der Waals surface area contributed by atoms with E-state index in [0.717, 1.165) is 53.4 Å². The van der Waals surface area contributed by atoms with Gasteiger partial charge in [-0.05, 0) is 67.5 Å². The summed E-state index contributed by atoms with van der Waals surface area (Å²) in [4.78, 5) is 11.0. The predicted octanol–water partition coefficient (Wildman–Crippen LogP) is 8.93. The Morgan fingerprint density at radius 1 is 0.949 bits per heavy atom. The number of nitrogens with zero attached hydrogens (tertiary/aromatic N) is 3. The number of hydrogen-bond donors (Lipinski definition) is 2. The topological polar surface area (TPSA) is 52.0 Å². The molecule has 0 fully saturated rings. The number of allylic oxidation sites excluding steroid dienone is 1. The quantitative estimate of drug-likeness (QED) is 0.184. The molecule has 206 valence electrons. The Balaban J connectivity index is 1.96. The van der Waals surface area contributed by atoms with Crippen LogP contribution in [0.25, 0.3) is 10.8 Å². The molecule has 5 heteroatoms. The first-order valence-corrected chi connectivity index (χ1v) is 14.0. The Morgan fingerprint density at radius 2 is 1.67 bits per heavy atom. The van der Waals surface area contributed by atoms with E-state index in [1.54, 1.807) is 6.20 Å². The lowest BCUT2D eigenvalue weighted by atomic mass is 9.86. The van der Waals surface area contributed by atoms with Crippen molar-refractivity contribution in [3.63, 3.8) is 0 Å². The van der Waals surface area contributed by atoms with Crippen LogP contribution in [-0.2, 0) is 11.8 Å². The van der Waals surface area contributed by atoms with Gasteiger partial charge < -0.3 is 15.5 Å². The zero-order chi connectivity index (χ0) is 28.4. The van der Waals surface area contributed by atoms with Gasteiger partial charge in [-0.1, -0.05) is 77.6 Å². The zero-order valence-corrected chi connectivity index (χ0v) is 24.8. The minimum absolute atomic E-state index is 0.0857. The summed E-state index contributed by atoms with van der Waals surface area (Å²) >= 11 is 0. The zero-order valence-electron chi connectivity index (χ0n) is 24.8. The number of rotatable bonds is 12. The lowest BCUT2D eigenvalue weighted by Gasteiger charge is -2.24. The standard InChI is InChI=1S/C34H45N5/c1-9-15-33(38-31-22-27(34(6,7)8)19-18-26(31)10-2)37-30-20-21-32(29-17-14-13-16-28(29)30)39(12-4)24-35-23-25(5)36-11-3/h11,13-22,24,37-38H,3,9-10,12,23H2,1-2,4-8H3. The normalized spacial score (nSPS) is 12.7. The van der Waals surface area contributed by atoms with Gasteiger partial charge in [0, 0.05) is 46.3 Å². The maximum Gasteiger partial charge on any atom is 0.103 e. The fourth-order valence-corrected chi connectivity index (χ4v) is 4.52. The second-order valence-corrected chi connectivity index (χ2v) is 10.7. The minimum atomic E-state index is 0.0857. The monoisotopic (exact) mass is 523 g/mol. The van der Waals surface area contributed by atoms with Crippen molar-refractivity contribution in [1.29, 1.82) is 0 Å². The number of anilines is 3. The van der Waals surface area contributed by atoms with E-state index in [0.29, 0.717) is 6.54 Å². The predicted molar refractivity (Wildman–Crippen MR) is 174 cm³/mol. The lowest BCUT2D eigenvalue weighted by molar-refractivity contribution is 0.590. The molecule has 5 nitrogen and oxygen atoms in total. The highest BCUT2D eigenvalue weighted by molar-refractivity contribution is 6.05. The third kappa shape index (κ3) is 7.82. The Morgan fingerprint density at radius 3 is 2.31 bits per heavy atom. The highest BCUT2D eigenvalue weighted by atomic mass is 15.2. The maximum absolute atomic E-state index is 4.61. The molecule has 0 amide bonds. The molecular formula is C34H45N5. The molecule has 2 N–H and O–H groups in total. The fourth-order valence-electron chi connectivity index (χ4n) is 4.52. The number of nitrogens with one attached hydrogen (secondary N) is 2. The number of fused-ring (bicyclic) bond motifs is 1. The molecule has 0 aliphatic carbocycles. The fraction of sp³-hybridized carbons (Fsp3) is 0.353. The first kappa shape index (κ1) is 29.7.